The molecule has 34 heavy (non-hydrogen) atoms. The number of piperazine rings is 1. The molecule has 0 bridgehead atoms. The smallest absolute Gasteiger partial charge is 0.269 e. The average molecular weight is 454 g/mol. The van der Waals surface area contributed by atoms with Crippen LogP contribution in [0.5, 0.6) is 0 Å². The van der Waals surface area contributed by atoms with Crippen LogP contribution in [0.15, 0.2) is 91.1 Å². The van der Waals surface area contributed by atoms with E-state index >= 15 is 0 Å². The molecule has 1 saturated heterocycles. The van der Waals surface area contributed by atoms with Gasteiger partial charge in [-0.2, -0.15) is 5.10 Å². The largest absolute Gasteiger partial charge is 0.368 e. The Morgan fingerprint density at radius 2 is 1.41 bits per heavy atom. The van der Waals surface area contributed by atoms with Gasteiger partial charge in [0, 0.05) is 55.8 Å². The van der Waals surface area contributed by atoms with Crippen LogP contribution >= 0.6 is 0 Å². The van der Waals surface area contributed by atoms with Crippen molar-refractivity contribution in [2.45, 2.75) is 0 Å². The number of nitrogens with zero attached hydrogens (tertiary/aromatic N) is 5. The molecule has 3 aromatic carbocycles. The number of anilines is 1. The summed E-state index contributed by atoms with van der Waals surface area (Å²) in [6.45, 7) is 2.41. The first kappa shape index (κ1) is 21.4. The highest BCUT2D eigenvalue weighted by atomic mass is 16.6. The van der Waals surface area contributed by atoms with Crippen molar-refractivity contribution in [3.05, 3.63) is 107 Å². The minimum absolute atomic E-state index is 0.0515. The van der Waals surface area contributed by atoms with E-state index in [2.05, 4.69) is 4.90 Å². The summed E-state index contributed by atoms with van der Waals surface area (Å²) < 4.78 is 1.75. The number of non-ortho nitro benzene ring substituents is 1. The number of aromatic nitrogens is 2. The first-order chi connectivity index (χ1) is 16.6. The monoisotopic (exact) mass is 453 g/mol. The summed E-state index contributed by atoms with van der Waals surface area (Å²) in [6, 6.07) is 26.0. The Bertz CT molecular complexity index is 1300. The Kier molecular flexibility index (Phi) is 5.78. The number of nitro benzene ring substituents is 1. The molecule has 170 valence electrons. The fourth-order valence-corrected chi connectivity index (χ4v) is 4.18. The van der Waals surface area contributed by atoms with Gasteiger partial charge in [-0.3, -0.25) is 14.9 Å². The fourth-order valence-electron chi connectivity index (χ4n) is 4.18. The number of carbonyl (C=O) groups is 1. The van der Waals surface area contributed by atoms with Crippen LogP contribution in [0, 0.1) is 10.1 Å². The maximum absolute atomic E-state index is 13.6. The molecule has 1 amide bonds. The Hall–Kier alpha value is -4.46. The van der Waals surface area contributed by atoms with Crippen molar-refractivity contribution in [1.29, 1.82) is 0 Å². The van der Waals surface area contributed by atoms with Crippen molar-refractivity contribution in [1.82, 2.24) is 14.7 Å². The molecule has 8 heteroatoms. The maximum atomic E-state index is 13.6. The van der Waals surface area contributed by atoms with E-state index in [1.165, 1.54) is 12.1 Å². The molecule has 1 aliphatic heterocycles. The van der Waals surface area contributed by atoms with E-state index in [9.17, 15) is 14.9 Å². The lowest BCUT2D eigenvalue weighted by Crippen LogP contribution is -2.48. The van der Waals surface area contributed by atoms with Gasteiger partial charge in [0.25, 0.3) is 11.6 Å². The van der Waals surface area contributed by atoms with Crippen LogP contribution in [0.25, 0.3) is 16.9 Å². The summed E-state index contributed by atoms with van der Waals surface area (Å²) >= 11 is 0. The van der Waals surface area contributed by atoms with Gasteiger partial charge in [0.1, 0.15) is 5.69 Å². The van der Waals surface area contributed by atoms with Gasteiger partial charge in [-0.05, 0) is 24.3 Å². The fraction of sp³-hybridized carbons (Fsp3) is 0.154. The topological polar surface area (TPSA) is 84.5 Å². The third-order valence-corrected chi connectivity index (χ3v) is 6.01. The Labute approximate surface area is 196 Å². The van der Waals surface area contributed by atoms with Crippen LogP contribution in [0.4, 0.5) is 11.4 Å². The quantitative estimate of drug-likeness (QED) is 0.330. The van der Waals surface area contributed by atoms with E-state index in [-0.39, 0.29) is 11.6 Å². The lowest BCUT2D eigenvalue weighted by molar-refractivity contribution is -0.384. The molecule has 8 nitrogen and oxygen atoms in total. The summed E-state index contributed by atoms with van der Waals surface area (Å²) in [5.41, 5.74) is 4.00. The molecule has 2 heterocycles. The number of rotatable bonds is 5. The van der Waals surface area contributed by atoms with Crippen LogP contribution in [0.3, 0.4) is 0 Å². The van der Waals surface area contributed by atoms with Gasteiger partial charge in [0.2, 0.25) is 0 Å². The van der Waals surface area contributed by atoms with E-state index in [0.29, 0.717) is 37.4 Å². The summed E-state index contributed by atoms with van der Waals surface area (Å²) in [4.78, 5) is 28.1. The van der Waals surface area contributed by atoms with E-state index in [1.54, 1.807) is 16.8 Å². The van der Waals surface area contributed by atoms with Gasteiger partial charge < -0.3 is 9.80 Å². The Morgan fingerprint density at radius 1 is 0.794 bits per heavy atom. The second-order valence-corrected chi connectivity index (χ2v) is 8.09. The second kappa shape index (κ2) is 9.19. The highest BCUT2D eigenvalue weighted by Crippen LogP contribution is 2.26. The van der Waals surface area contributed by atoms with Crippen LogP contribution in [0.2, 0.25) is 0 Å². The van der Waals surface area contributed by atoms with Crippen molar-refractivity contribution in [3.8, 4) is 16.9 Å². The molecule has 0 aliphatic carbocycles. The lowest BCUT2D eigenvalue weighted by Gasteiger charge is -2.36. The SMILES string of the molecule is O=C(c1cn(-c2ccccc2)nc1-c1ccccc1)N1CCN(c2ccc([N+](=O)[O-])cc2)CC1. The molecule has 0 saturated carbocycles. The maximum Gasteiger partial charge on any atom is 0.269 e. The van der Waals surface area contributed by atoms with Gasteiger partial charge in [0.05, 0.1) is 16.2 Å². The standard InChI is InChI=1S/C26H23N5O3/c32-26(29-17-15-28(16-18-29)21-11-13-23(14-12-21)31(33)34)24-19-30(22-9-5-2-6-10-22)27-25(24)20-7-3-1-4-8-20/h1-14,19H,15-18H2. The Balaban J connectivity index is 1.37. The molecule has 4 aromatic rings. The van der Waals surface area contributed by atoms with Crippen molar-refractivity contribution >= 4 is 17.3 Å². The second-order valence-electron chi connectivity index (χ2n) is 8.09. The van der Waals surface area contributed by atoms with Gasteiger partial charge in [-0.25, -0.2) is 4.68 Å². The van der Waals surface area contributed by atoms with Crippen LogP contribution in [-0.2, 0) is 0 Å². The molecule has 1 aromatic heterocycles. The highest BCUT2D eigenvalue weighted by Gasteiger charge is 2.27. The number of hydrogen-bond donors (Lipinski definition) is 0. The zero-order chi connectivity index (χ0) is 23.5. The number of carbonyl (C=O) groups excluding carboxylic acids is 1. The number of nitro groups is 1. The molecule has 0 spiro atoms. The van der Waals surface area contributed by atoms with Crippen molar-refractivity contribution in [2.75, 3.05) is 31.1 Å². The predicted octanol–water partition coefficient (Wildman–Crippen LogP) is 4.41. The van der Waals surface area contributed by atoms with E-state index in [0.717, 1.165) is 16.9 Å². The van der Waals surface area contributed by atoms with Gasteiger partial charge in [-0.1, -0.05) is 48.5 Å². The highest BCUT2D eigenvalue weighted by molar-refractivity contribution is 6.00. The van der Waals surface area contributed by atoms with Gasteiger partial charge in [0.15, 0.2) is 0 Å². The van der Waals surface area contributed by atoms with E-state index in [1.807, 2.05) is 71.8 Å². The minimum atomic E-state index is -0.402. The molecule has 5 rings (SSSR count). The van der Waals surface area contributed by atoms with Crippen LogP contribution in [0.1, 0.15) is 10.4 Å². The molecule has 0 unspecified atom stereocenters. The lowest BCUT2D eigenvalue weighted by atomic mass is 10.1. The molecule has 1 fully saturated rings. The summed E-state index contributed by atoms with van der Waals surface area (Å²) in [6.07, 6.45) is 1.81. The zero-order valence-electron chi connectivity index (χ0n) is 18.4. The van der Waals surface area contributed by atoms with Crippen LogP contribution in [-0.4, -0.2) is 51.7 Å². The summed E-state index contributed by atoms with van der Waals surface area (Å²) in [5.74, 6) is -0.0515. The third kappa shape index (κ3) is 4.25. The summed E-state index contributed by atoms with van der Waals surface area (Å²) in [5, 5.41) is 15.7. The number of amides is 1. The molecular formula is C26H23N5O3. The minimum Gasteiger partial charge on any atom is -0.368 e. The van der Waals surface area contributed by atoms with Crippen molar-refractivity contribution in [2.24, 2.45) is 0 Å². The molecule has 0 N–H and O–H groups in total. The number of hydrogen-bond acceptors (Lipinski definition) is 5. The van der Waals surface area contributed by atoms with E-state index in [4.69, 9.17) is 5.10 Å². The zero-order valence-corrected chi connectivity index (χ0v) is 18.4. The third-order valence-electron chi connectivity index (χ3n) is 6.01. The molecule has 1 aliphatic rings. The average Bonchev–Trinajstić information content (AvgIpc) is 3.35. The molecule has 0 atom stereocenters. The number of benzene rings is 3. The number of para-hydroxylation sites is 1. The first-order valence-electron chi connectivity index (χ1n) is 11.1. The van der Waals surface area contributed by atoms with E-state index < -0.39 is 4.92 Å². The predicted molar refractivity (Wildman–Crippen MR) is 130 cm³/mol. The van der Waals surface area contributed by atoms with Gasteiger partial charge >= 0.3 is 0 Å². The van der Waals surface area contributed by atoms with Gasteiger partial charge in [-0.15, -0.1) is 0 Å². The first-order valence-corrected chi connectivity index (χ1v) is 11.1. The molecule has 0 radical (unpaired) electrons. The normalized spacial score (nSPS) is 13.6. The Morgan fingerprint density at radius 3 is 2.03 bits per heavy atom. The van der Waals surface area contributed by atoms with Crippen molar-refractivity contribution in [3.63, 3.8) is 0 Å². The molecular weight excluding hydrogens is 430 g/mol. The van der Waals surface area contributed by atoms with Crippen molar-refractivity contribution < 1.29 is 9.72 Å². The van der Waals surface area contributed by atoms with Crippen LogP contribution < -0.4 is 4.90 Å². The summed E-state index contributed by atoms with van der Waals surface area (Å²) in [7, 11) is 0.